The van der Waals surface area contributed by atoms with Gasteiger partial charge in [-0.1, -0.05) is 77.9 Å². The molecule has 128 valence electrons. The maximum Gasteiger partial charge on any atom is 0.122 e. The van der Waals surface area contributed by atoms with Crippen LogP contribution in [-0.4, -0.2) is 5.11 Å². The van der Waals surface area contributed by atoms with Crippen molar-refractivity contribution in [2.24, 2.45) is 0 Å². The highest BCUT2D eigenvalue weighted by Gasteiger charge is 2.50. The van der Waals surface area contributed by atoms with Crippen molar-refractivity contribution in [1.82, 2.24) is 0 Å². The SMILES string of the molecule is CCc1cc(CC)c2c(c1)[C@H](C)[C@@]2(O)c1ccc(C(C)(C)C)cc1. The summed E-state index contributed by atoms with van der Waals surface area (Å²) in [6.07, 6.45) is 2.01. The fourth-order valence-corrected chi connectivity index (χ4v) is 4.07. The van der Waals surface area contributed by atoms with E-state index in [9.17, 15) is 5.11 Å². The first-order chi connectivity index (χ1) is 11.2. The Morgan fingerprint density at radius 3 is 2.12 bits per heavy atom. The summed E-state index contributed by atoms with van der Waals surface area (Å²) in [5, 5.41) is 11.6. The molecule has 1 aliphatic rings. The quantitative estimate of drug-likeness (QED) is 0.795. The van der Waals surface area contributed by atoms with Gasteiger partial charge >= 0.3 is 0 Å². The number of benzene rings is 2. The number of fused-ring (bicyclic) bond motifs is 1. The Morgan fingerprint density at radius 1 is 1.00 bits per heavy atom. The van der Waals surface area contributed by atoms with E-state index in [4.69, 9.17) is 0 Å². The van der Waals surface area contributed by atoms with Crippen molar-refractivity contribution in [3.05, 3.63) is 69.8 Å². The molecule has 2 aromatic carbocycles. The average molecular weight is 322 g/mol. The van der Waals surface area contributed by atoms with Crippen LogP contribution in [0, 0.1) is 0 Å². The minimum Gasteiger partial charge on any atom is -0.380 e. The molecule has 2 atom stereocenters. The van der Waals surface area contributed by atoms with Crippen molar-refractivity contribution in [2.75, 3.05) is 0 Å². The molecule has 0 saturated carbocycles. The summed E-state index contributed by atoms with van der Waals surface area (Å²) in [6, 6.07) is 13.1. The lowest BCUT2D eigenvalue weighted by Gasteiger charge is -2.48. The molecule has 0 unspecified atom stereocenters. The van der Waals surface area contributed by atoms with E-state index in [1.165, 1.54) is 22.3 Å². The molecule has 0 saturated heterocycles. The van der Waals surface area contributed by atoms with Crippen molar-refractivity contribution < 1.29 is 5.11 Å². The van der Waals surface area contributed by atoms with Crippen molar-refractivity contribution in [1.29, 1.82) is 0 Å². The van der Waals surface area contributed by atoms with Gasteiger partial charge in [0, 0.05) is 5.92 Å². The first kappa shape index (κ1) is 17.2. The van der Waals surface area contributed by atoms with E-state index < -0.39 is 5.60 Å². The summed E-state index contributed by atoms with van der Waals surface area (Å²) < 4.78 is 0. The summed E-state index contributed by atoms with van der Waals surface area (Å²) in [5.41, 5.74) is 6.77. The van der Waals surface area contributed by atoms with Gasteiger partial charge in [-0.2, -0.15) is 0 Å². The van der Waals surface area contributed by atoms with Gasteiger partial charge in [0.1, 0.15) is 5.60 Å². The molecule has 1 heteroatoms. The number of hydrogen-bond acceptors (Lipinski definition) is 1. The van der Waals surface area contributed by atoms with Crippen LogP contribution in [0.2, 0.25) is 0 Å². The molecule has 0 aromatic heterocycles. The Hall–Kier alpha value is -1.60. The van der Waals surface area contributed by atoms with E-state index in [1.54, 1.807) is 0 Å². The highest BCUT2D eigenvalue weighted by Crippen LogP contribution is 2.55. The zero-order valence-corrected chi connectivity index (χ0v) is 15.9. The first-order valence-corrected chi connectivity index (χ1v) is 9.23. The van der Waals surface area contributed by atoms with Crippen LogP contribution < -0.4 is 0 Å². The lowest BCUT2D eigenvalue weighted by molar-refractivity contribution is 0.0263. The Balaban J connectivity index is 2.09. The molecule has 0 bridgehead atoms. The van der Waals surface area contributed by atoms with E-state index in [0.29, 0.717) is 0 Å². The van der Waals surface area contributed by atoms with Gasteiger partial charge in [-0.05, 0) is 51.6 Å². The van der Waals surface area contributed by atoms with Crippen LogP contribution in [0.3, 0.4) is 0 Å². The van der Waals surface area contributed by atoms with Crippen molar-refractivity contribution in [3.8, 4) is 0 Å². The first-order valence-electron chi connectivity index (χ1n) is 9.23. The van der Waals surface area contributed by atoms with Crippen LogP contribution in [0.1, 0.15) is 80.8 Å². The second kappa shape index (κ2) is 5.74. The normalized spacial score (nSPS) is 22.9. The summed E-state index contributed by atoms with van der Waals surface area (Å²) >= 11 is 0. The summed E-state index contributed by atoms with van der Waals surface area (Å²) in [5.74, 6) is 0.143. The molecule has 0 amide bonds. The third kappa shape index (κ3) is 2.41. The molecule has 3 rings (SSSR count). The van der Waals surface area contributed by atoms with Gasteiger partial charge in [-0.25, -0.2) is 0 Å². The van der Waals surface area contributed by atoms with E-state index in [0.717, 1.165) is 24.0 Å². The lowest BCUT2D eigenvalue weighted by atomic mass is 9.59. The zero-order chi connectivity index (χ0) is 17.7. The second-order valence-corrected chi connectivity index (χ2v) is 8.24. The molecule has 1 N–H and O–H groups in total. The van der Waals surface area contributed by atoms with Gasteiger partial charge in [-0.3, -0.25) is 0 Å². The topological polar surface area (TPSA) is 20.2 Å². The Labute approximate surface area is 146 Å². The molecule has 1 nitrogen and oxygen atoms in total. The minimum absolute atomic E-state index is 0.134. The van der Waals surface area contributed by atoms with Gasteiger partial charge in [0.05, 0.1) is 0 Å². The Morgan fingerprint density at radius 2 is 1.62 bits per heavy atom. The Bertz CT molecular complexity index is 732. The largest absolute Gasteiger partial charge is 0.380 e. The van der Waals surface area contributed by atoms with Crippen LogP contribution in [0.4, 0.5) is 0 Å². The van der Waals surface area contributed by atoms with Crippen LogP contribution in [0.15, 0.2) is 36.4 Å². The number of rotatable bonds is 3. The predicted octanol–water partition coefficient (Wildman–Crippen LogP) is 5.46. The molecule has 0 aliphatic heterocycles. The Kier molecular flexibility index (Phi) is 4.12. The summed E-state index contributed by atoms with van der Waals surface area (Å²) in [4.78, 5) is 0. The maximum absolute atomic E-state index is 11.6. The molecular formula is C23H30O. The number of aliphatic hydroxyl groups is 1. The second-order valence-electron chi connectivity index (χ2n) is 8.24. The van der Waals surface area contributed by atoms with Crippen LogP contribution in [0.25, 0.3) is 0 Å². The van der Waals surface area contributed by atoms with Gasteiger partial charge in [-0.15, -0.1) is 0 Å². The molecule has 24 heavy (non-hydrogen) atoms. The van der Waals surface area contributed by atoms with E-state index in [1.807, 2.05) is 0 Å². The standard InChI is InChI=1S/C23H30O/c1-7-16-13-17(8-2)21-20(14-16)15(3)23(21,24)19-11-9-18(10-12-19)22(4,5)6/h9-15,24H,7-8H2,1-6H3/t15-,23+/m0/s1. The van der Waals surface area contributed by atoms with Crippen LogP contribution in [-0.2, 0) is 23.9 Å². The van der Waals surface area contributed by atoms with Crippen LogP contribution in [0.5, 0.6) is 0 Å². The number of aryl methyl sites for hydroxylation is 2. The van der Waals surface area contributed by atoms with Gasteiger partial charge in [0.25, 0.3) is 0 Å². The summed E-state index contributed by atoms with van der Waals surface area (Å²) in [7, 11) is 0. The third-order valence-corrected chi connectivity index (χ3v) is 5.76. The molecule has 0 spiro atoms. The molecule has 0 radical (unpaired) electrons. The van der Waals surface area contributed by atoms with Crippen LogP contribution >= 0.6 is 0 Å². The van der Waals surface area contributed by atoms with E-state index >= 15 is 0 Å². The smallest absolute Gasteiger partial charge is 0.122 e. The average Bonchev–Trinajstić information content (AvgIpc) is 2.58. The fraction of sp³-hybridized carbons (Fsp3) is 0.478. The highest BCUT2D eigenvalue weighted by molar-refractivity contribution is 5.59. The molecule has 0 heterocycles. The van der Waals surface area contributed by atoms with E-state index in [-0.39, 0.29) is 11.3 Å². The van der Waals surface area contributed by atoms with Gasteiger partial charge < -0.3 is 5.11 Å². The molecule has 1 aliphatic carbocycles. The third-order valence-electron chi connectivity index (χ3n) is 5.76. The summed E-state index contributed by atoms with van der Waals surface area (Å²) in [6.45, 7) is 13.2. The monoisotopic (exact) mass is 322 g/mol. The molecule has 2 aromatic rings. The van der Waals surface area contributed by atoms with Crippen molar-refractivity contribution >= 4 is 0 Å². The fourth-order valence-electron chi connectivity index (χ4n) is 4.07. The zero-order valence-electron chi connectivity index (χ0n) is 15.9. The molecule has 0 fully saturated rings. The molecular weight excluding hydrogens is 292 g/mol. The van der Waals surface area contributed by atoms with Gasteiger partial charge in [0.2, 0.25) is 0 Å². The van der Waals surface area contributed by atoms with Gasteiger partial charge in [0.15, 0.2) is 0 Å². The highest BCUT2D eigenvalue weighted by atomic mass is 16.3. The van der Waals surface area contributed by atoms with Crippen molar-refractivity contribution in [3.63, 3.8) is 0 Å². The maximum atomic E-state index is 11.6. The number of hydrogen-bond donors (Lipinski definition) is 1. The van der Waals surface area contributed by atoms with E-state index in [2.05, 4.69) is 77.9 Å². The lowest BCUT2D eigenvalue weighted by Crippen LogP contribution is -2.44. The van der Waals surface area contributed by atoms with Crippen molar-refractivity contribution in [2.45, 2.75) is 71.3 Å². The minimum atomic E-state index is -0.844. The predicted molar refractivity (Wildman–Crippen MR) is 102 cm³/mol.